The summed E-state index contributed by atoms with van der Waals surface area (Å²) in [5.74, 6) is 5.46. The Labute approximate surface area is 90.4 Å². The van der Waals surface area contributed by atoms with Crippen LogP contribution in [0.5, 0.6) is 0 Å². The summed E-state index contributed by atoms with van der Waals surface area (Å²) in [4.78, 5) is 17.1. The van der Waals surface area contributed by atoms with Crippen LogP contribution in [0, 0.1) is 0 Å². The fraction of sp³-hybridized carbons (Fsp3) is 0.250. The first-order valence-corrected chi connectivity index (χ1v) is 4.69. The van der Waals surface area contributed by atoms with Crippen LogP contribution in [0.3, 0.4) is 0 Å². The number of pyridine rings is 1. The first kappa shape index (κ1) is 10.9. The number of nitrogens with two attached hydrogens (primary N) is 1. The smallest absolute Gasteiger partial charge is 0.257 e. The van der Waals surface area contributed by atoms with E-state index in [1.54, 1.807) is 26.4 Å². The Morgan fingerprint density at radius 3 is 2.79 bits per heavy atom. The average Bonchev–Trinajstić information content (AvgIpc) is 2.16. The molecule has 0 spiro atoms. The maximum atomic E-state index is 11.6. The Morgan fingerprint density at radius 1 is 1.64 bits per heavy atom. The minimum absolute atomic E-state index is 0.147. The highest BCUT2D eigenvalue weighted by atomic mass is 79.9. The van der Waals surface area contributed by atoms with Gasteiger partial charge in [0.05, 0.1) is 5.56 Å². The van der Waals surface area contributed by atoms with Gasteiger partial charge < -0.3 is 10.3 Å². The quantitative estimate of drug-likeness (QED) is 0.609. The lowest BCUT2D eigenvalue weighted by molar-refractivity contribution is 0.0828. The van der Waals surface area contributed by atoms with Crippen molar-refractivity contribution < 1.29 is 4.79 Å². The van der Waals surface area contributed by atoms with Crippen molar-refractivity contribution >= 4 is 27.7 Å². The highest BCUT2D eigenvalue weighted by Gasteiger charge is 2.14. The zero-order valence-corrected chi connectivity index (χ0v) is 9.50. The molecular formula is C8H11BrN4O. The van der Waals surface area contributed by atoms with E-state index in [2.05, 4.69) is 26.3 Å². The van der Waals surface area contributed by atoms with Crippen molar-refractivity contribution in [3.63, 3.8) is 0 Å². The second kappa shape index (κ2) is 4.39. The van der Waals surface area contributed by atoms with Gasteiger partial charge in [-0.05, 0) is 22.0 Å². The molecule has 0 unspecified atom stereocenters. The third-order valence-corrected chi connectivity index (χ3v) is 2.06. The van der Waals surface area contributed by atoms with Crippen molar-refractivity contribution in [2.75, 3.05) is 19.5 Å². The van der Waals surface area contributed by atoms with E-state index in [-0.39, 0.29) is 5.91 Å². The van der Waals surface area contributed by atoms with E-state index in [1.807, 2.05) is 0 Å². The molecule has 76 valence electrons. The maximum Gasteiger partial charge on any atom is 0.257 e. The molecular weight excluding hydrogens is 248 g/mol. The molecule has 0 aliphatic heterocycles. The van der Waals surface area contributed by atoms with Crippen molar-refractivity contribution in [2.45, 2.75) is 0 Å². The van der Waals surface area contributed by atoms with Gasteiger partial charge in [0.25, 0.3) is 5.91 Å². The monoisotopic (exact) mass is 258 g/mol. The second-order valence-electron chi connectivity index (χ2n) is 2.89. The number of hydrogen-bond acceptors (Lipinski definition) is 4. The lowest BCUT2D eigenvalue weighted by atomic mass is 10.2. The highest BCUT2D eigenvalue weighted by molar-refractivity contribution is 9.10. The Morgan fingerprint density at radius 2 is 2.29 bits per heavy atom. The van der Waals surface area contributed by atoms with Crippen LogP contribution in [0.2, 0.25) is 0 Å². The standard InChI is InChI=1S/C8H11BrN4O/c1-13(2)8(14)6-3-5(9)4-11-7(6)12-10/h3-4H,10H2,1-2H3,(H,11,12). The number of carbonyl (C=O) groups excluding carboxylic acids is 1. The first-order chi connectivity index (χ1) is 6.56. The maximum absolute atomic E-state index is 11.6. The number of halogens is 1. The highest BCUT2D eigenvalue weighted by Crippen LogP contribution is 2.18. The Bertz CT molecular complexity index is 353. The van der Waals surface area contributed by atoms with E-state index in [1.165, 1.54) is 4.90 Å². The second-order valence-corrected chi connectivity index (χ2v) is 3.81. The molecule has 6 heteroatoms. The summed E-state index contributed by atoms with van der Waals surface area (Å²) in [7, 11) is 3.34. The van der Waals surface area contributed by atoms with Crippen LogP contribution in [-0.2, 0) is 0 Å². The number of carbonyl (C=O) groups is 1. The van der Waals surface area contributed by atoms with Gasteiger partial charge in [-0.15, -0.1) is 0 Å². The van der Waals surface area contributed by atoms with Gasteiger partial charge >= 0.3 is 0 Å². The number of nitrogens with one attached hydrogen (secondary N) is 1. The van der Waals surface area contributed by atoms with Crippen LogP contribution in [0.15, 0.2) is 16.7 Å². The molecule has 0 aromatic carbocycles. The van der Waals surface area contributed by atoms with Crippen LogP contribution < -0.4 is 11.3 Å². The third kappa shape index (κ3) is 2.21. The largest absolute Gasteiger partial charge is 0.345 e. The predicted molar refractivity (Wildman–Crippen MR) is 57.8 cm³/mol. The number of aromatic nitrogens is 1. The summed E-state index contributed by atoms with van der Waals surface area (Å²) in [6.07, 6.45) is 1.57. The Kier molecular flexibility index (Phi) is 3.43. The molecule has 3 N–H and O–H groups in total. The number of rotatable bonds is 2. The summed E-state index contributed by atoms with van der Waals surface area (Å²) in [6, 6.07) is 1.67. The summed E-state index contributed by atoms with van der Waals surface area (Å²) in [5, 5.41) is 0. The molecule has 1 amide bonds. The number of nitrogens with zero attached hydrogens (tertiary/aromatic N) is 2. The molecule has 1 aromatic heterocycles. The Balaban J connectivity index is 3.17. The molecule has 0 aliphatic rings. The molecule has 0 saturated heterocycles. The van der Waals surface area contributed by atoms with Crippen LogP contribution in [0.1, 0.15) is 10.4 Å². The van der Waals surface area contributed by atoms with Gasteiger partial charge in [-0.25, -0.2) is 10.8 Å². The summed E-state index contributed by atoms with van der Waals surface area (Å²) >= 11 is 3.24. The minimum Gasteiger partial charge on any atom is -0.345 e. The van der Waals surface area contributed by atoms with E-state index in [4.69, 9.17) is 5.84 Å². The molecule has 0 saturated carbocycles. The van der Waals surface area contributed by atoms with E-state index < -0.39 is 0 Å². The third-order valence-electron chi connectivity index (χ3n) is 1.63. The fourth-order valence-corrected chi connectivity index (χ4v) is 1.29. The summed E-state index contributed by atoms with van der Waals surface area (Å²) in [6.45, 7) is 0. The lowest BCUT2D eigenvalue weighted by Gasteiger charge is -2.12. The van der Waals surface area contributed by atoms with E-state index in [0.29, 0.717) is 11.4 Å². The number of anilines is 1. The van der Waals surface area contributed by atoms with Crippen LogP contribution in [0.4, 0.5) is 5.82 Å². The number of hydrazine groups is 1. The van der Waals surface area contributed by atoms with E-state index in [0.717, 1.165) is 4.47 Å². The van der Waals surface area contributed by atoms with Crippen molar-refractivity contribution in [3.05, 3.63) is 22.3 Å². The van der Waals surface area contributed by atoms with Gasteiger partial charge in [0, 0.05) is 24.8 Å². The van der Waals surface area contributed by atoms with Gasteiger partial charge in [0.15, 0.2) is 5.82 Å². The van der Waals surface area contributed by atoms with Gasteiger partial charge in [0.2, 0.25) is 0 Å². The lowest BCUT2D eigenvalue weighted by Crippen LogP contribution is -2.24. The molecule has 0 atom stereocenters. The van der Waals surface area contributed by atoms with Crippen molar-refractivity contribution in [3.8, 4) is 0 Å². The van der Waals surface area contributed by atoms with Crippen LogP contribution >= 0.6 is 15.9 Å². The SMILES string of the molecule is CN(C)C(=O)c1cc(Br)cnc1NN. The fourth-order valence-electron chi connectivity index (χ4n) is 0.958. The van der Waals surface area contributed by atoms with E-state index >= 15 is 0 Å². The molecule has 14 heavy (non-hydrogen) atoms. The summed E-state index contributed by atoms with van der Waals surface area (Å²) < 4.78 is 0.738. The average molecular weight is 259 g/mol. The molecule has 0 radical (unpaired) electrons. The molecule has 0 fully saturated rings. The molecule has 1 aromatic rings. The molecule has 5 nitrogen and oxygen atoms in total. The van der Waals surface area contributed by atoms with Crippen LogP contribution in [-0.4, -0.2) is 29.9 Å². The summed E-state index contributed by atoms with van der Waals surface area (Å²) in [5.41, 5.74) is 2.82. The van der Waals surface area contributed by atoms with Gasteiger partial charge in [-0.3, -0.25) is 4.79 Å². The normalized spacial score (nSPS) is 9.71. The zero-order chi connectivity index (χ0) is 10.7. The molecule has 1 rings (SSSR count). The number of amides is 1. The van der Waals surface area contributed by atoms with Crippen molar-refractivity contribution in [2.24, 2.45) is 5.84 Å². The first-order valence-electron chi connectivity index (χ1n) is 3.90. The Hall–Kier alpha value is -1.14. The minimum atomic E-state index is -0.147. The van der Waals surface area contributed by atoms with Crippen molar-refractivity contribution in [1.82, 2.24) is 9.88 Å². The number of hydrogen-bond donors (Lipinski definition) is 2. The molecule has 1 heterocycles. The van der Waals surface area contributed by atoms with Gasteiger partial charge in [0.1, 0.15) is 0 Å². The van der Waals surface area contributed by atoms with Crippen molar-refractivity contribution in [1.29, 1.82) is 0 Å². The topological polar surface area (TPSA) is 71.2 Å². The zero-order valence-electron chi connectivity index (χ0n) is 7.91. The number of nitrogen functional groups attached to an aromatic ring is 1. The van der Waals surface area contributed by atoms with Gasteiger partial charge in [-0.1, -0.05) is 0 Å². The predicted octanol–water partition coefficient (Wildman–Crippen LogP) is 0.831. The molecule has 0 aliphatic carbocycles. The van der Waals surface area contributed by atoms with Crippen LogP contribution in [0.25, 0.3) is 0 Å². The van der Waals surface area contributed by atoms with Gasteiger partial charge in [-0.2, -0.15) is 0 Å². The molecule has 0 bridgehead atoms. The van der Waals surface area contributed by atoms with E-state index in [9.17, 15) is 4.79 Å².